The Balaban J connectivity index is 1.41. The molecule has 0 saturated heterocycles. The Labute approximate surface area is 194 Å². The van der Waals surface area contributed by atoms with E-state index in [4.69, 9.17) is 4.98 Å². The maximum absolute atomic E-state index is 5.01. The van der Waals surface area contributed by atoms with Gasteiger partial charge in [-0.15, -0.1) is 0 Å². The highest BCUT2D eigenvalue weighted by Gasteiger charge is 2.09. The zero-order valence-electron chi connectivity index (χ0n) is 18.6. The molecule has 0 radical (unpaired) electrons. The minimum absolute atomic E-state index is 0.818. The lowest BCUT2D eigenvalue weighted by atomic mass is 9.95. The van der Waals surface area contributed by atoms with Crippen LogP contribution in [0.1, 0.15) is 23.1 Å². The van der Waals surface area contributed by atoms with Crippen molar-refractivity contribution in [3.8, 4) is 34.2 Å². The first-order chi connectivity index (χ1) is 16.2. The fraction of sp³-hybridized carbons (Fsp3) is 0.0938. The Bertz CT molecular complexity index is 1630. The second kappa shape index (κ2) is 8.08. The van der Waals surface area contributed by atoms with Crippen molar-refractivity contribution >= 4 is 27.8 Å². The maximum Gasteiger partial charge on any atom is 0.0712 e. The molecule has 1 heterocycles. The Morgan fingerprint density at radius 2 is 1.55 bits per heavy atom. The molecule has 1 nitrogen and oxygen atoms in total. The smallest absolute Gasteiger partial charge is 0.0712 e. The van der Waals surface area contributed by atoms with E-state index < -0.39 is 0 Å². The topological polar surface area (TPSA) is 12.9 Å². The molecule has 0 atom stereocenters. The molecule has 5 aromatic rings. The predicted molar refractivity (Wildman–Crippen MR) is 140 cm³/mol. The van der Waals surface area contributed by atoms with Crippen LogP contribution in [-0.2, 0) is 6.42 Å². The predicted octanol–water partition coefficient (Wildman–Crippen LogP) is 7.99. The zero-order valence-corrected chi connectivity index (χ0v) is 18.6. The first-order valence-electron chi connectivity index (χ1n) is 11.4. The molecule has 0 aliphatic heterocycles. The van der Waals surface area contributed by atoms with E-state index in [1.165, 1.54) is 44.0 Å². The lowest BCUT2D eigenvalue weighted by molar-refractivity contribution is 1.28. The summed E-state index contributed by atoms with van der Waals surface area (Å²) in [7, 11) is 0. The van der Waals surface area contributed by atoms with E-state index >= 15 is 0 Å². The summed E-state index contributed by atoms with van der Waals surface area (Å²) < 4.78 is 0. The third kappa shape index (κ3) is 3.71. The number of nitrogens with zero attached hydrogens (tertiary/aromatic N) is 1. The molecule has 1 heteroatoms. The van der Waals surface area contributed by atoms with Gasteiger partial charge < -0.3 is 0 Å². The van der Waals surface area contributed by atoms with Crippen molar-refractivity contribution in [1.29, 1.82) is 0 Å². The van der Waals surface area contributed by atoms with Gasteiger partial charge >= 0.3 is 0 Å². The van der Waals surface area contributed by atoms with Crippen LogP contribution in [0.3, 0.4) is 0 Å². The molecule has 156 valence electrons. The highest BCUT2D eigenvalue weighted by Crippen LogP contribution is 2.31. The summed E-state index contributed by atoms with van der Waals surface area (Å²) in [5.41, 5.74) is 9.45. The van der Waals surface area contributed by atoms with E-state index in [0.717, 1.165) is 29.6 Å². The Hall–Kier alpha value is -4.15. The summed E-state index contributed by atoms with van der Waals surface area (Å²) in [6, 6.07) is 30.6. The van der Waals surface area contributed by atoms with Gasteiger partial charge in [0, 0.05) is 23.8 Å². The second-order valence-corrected chi connectivity index (χ2v) is 8.67. The number of hydrogen-bond donors (Lipinski definition) is 0. The van der Waals surface area contributed by atoms with Crippen LogP contribution in [0.2, 0.25) is 0 Å². The van der Waals surface area contributed by atoms with Crippen LogP contribution in [0.15, 0.2) is 91.0 Å². The summed E-state index contributed by atoms with van der Waals surface area (Å²) in [4.78, 5) is 5.01. The minimum atomic E-state index is 0.818. The molecule has 1 aliphatic rings. The van der Waals surface area contributed by atoms with Crippen LogP contribution in [0.5, 0.6) is 0 Å². The molecule has 0 spiro atoms. The SMILES string of the molecule is Cc1cc(-c2ccc3ccccc3c2)nc2ccc(-c3ccc4c(c3)/C=C\CC#CC4)cc12. The Morgan fingerprint density at radius 1 is 0.727 bits per heavy atom. The van der Waals surface area contributed by atoms with Crippen molar-refractivity contribution in [2.45, 2.75) is 19.8 Å². The molecular weight excluding hydrogens is 398 g/mol. The molecule has 6 rings (SSSR count). The number of fused-ring (bicyclic) bond motifs is 3. The normalized spacial score (nSPS) is 13.6. The van der Waals surface area contributed by atoms with Gasteiger partial charge in [-0.25, -0.2) is 4.98 Å². The Morgan fingerprint density at radius 3 is 2.48 bits per heavy atom. The third-order valence-corrected chi connectivity index (χ3v) is 6.46. The van der Waals surface area contributed by atoms with Gasteiger partial charge in [-0.3, -0.25) is 0 Å². The molecule has 0 fully saturated rings. The number of aryl methyl sites for hydroxylation is 1. The minimum Gasteiger partial charge on any atom is -0.248 e. The van der Waals surface area contributed by atoms with Crippen LogP contribution >= 0.6 is 0 Å². The summed E-state index contributed by atoms with van der Waals surface area (Å²) in [5.74, 6) is 6.44. The van der Waals surface area contributed by atoms with Crippen LogP contribution in [0.4, 0.5) is 0 Å². The summed E-state index contributed by atoms with van der Waals surface area (Å²) in [6.07, 6.45) is 6.00. The first-order valence-corrected chi connectivity index (χ1v) is 11.4. The van der Waals surface area contributed by atoms with Crippen LogP contribution in [0.25, 0.3) is 50.1 Å². The van der Waals surface area contributed by atoms with Crippen molar-refractivity contribution in [1.82, 2.24) is 4.98 Å². The number of aromatic nitrogens is 1. The van der Waals surface area contributed by atoms with Gasteiger partial charge in [0.25, 0.3) is 0 Å². The molecule has 1 aromatic heterocycles. The van der Waals surface area contributed by atoms with Gasteiger partial charge in [0.1, 0.15) is 0 Å². The Kier molecular flexibility index (Phi) is 4.78. The van der Waals surface area contributed by atoms with Crippen molar-refractivity contribution in [3.05, 3.63) is 108 Å². The summed E-state index contributed by atoms with van der Waals surface area (Å²) in [5, 5.41) is 3.69. The van der Waals surface area contributed by atoms with E-state index in [9.17, 15) is 0 Å². The van der Waals surface area contributed by atoms with Crippen molar-refractivity contribution in [2.75, 3.05) is 0 Å². The van der Waals surface area contributed by atoms with Gasteiger partial charge in [-0.05, 0) is 75.8 Å². The lowest BCUT2D eigenvalue weighted by Crippen LogP contribution is -1.92. The number of pyridine rings is 1. The van der Waals surface area contributed by atoms with Crippen molar-refractivity contribution in [2.24, 2.45) is 0 Å². The average Bonchev–Trinajstić information content (AvgIpc) is 2.84. The lowest BCUT2D eigenvalue weighted by Gasteiger charge is -2.12. The maximum atomic E-state index is 5.01. The fourth-order valence-electron chi connectivity index (χ4n) is 4.64. The third-order valence-electron chi connectivity index (χ3n) is 6.46. The van der Waals surface area contributed by atoms with Crippen LogP contribution in [0, 0.1) is 18.8 Å². The highest BCUT2D eigenvalue weighted by molar-refractivity contribution is 5.91. The van der Waals surface area contributed by atoms with E-state index in [-0.39, 0.29) is 0 Å². The van der Waals surface area contributed by atoms with Gasteiger partial charge in [0.2, 0.25) is 0 Å². The standard InChI is InChI=1S/C32H23N/c1-22-18-32(29-15-13-24-9-6-7-11-26(24)20-29)33-31-17-16-28(21-30(22)31)27-14-12-23-8-4-2-3-5-10-25(23)19-27/h5-7,9-21H,3,8H2,1H3/b10-5-. The van der Waals surface area contributed by atoms with Crippen molar-refractivity contribution in [3.63, 3.8) is 0 Å². The molecule has 0 bridgehead atoms. The molecule has 0 N–H and O–H groups in total. The van der Waals surface area contributed by atoms with Gasteiger partial charge in [-0.1, -0.05) is 78.6 Å². The molecular formula is C32H23N. The van der Waals surface area contributed by atoms with Crippen molar-refractivity contribution < 1.29 is 0 Å². The van der Waals surface area contributed by atoms with Crippen LogP contribution in [-0.4, -0.2) is 4.98 Å². The summed E-state index contributed by atoms with van der Waals surface area (Å²) in [6.45, 7) is 2.18. The first kappa shape index (κ1) is 19.5. The van der Waals surface area contributed by atoms with E-state index in [2.05, 4.69) is 116 Å². The zero-order chi connectivity index (χ0) is 22.2. The number of rotatable bonds is 2. The van der Waals surface area contributed by atoms with E-state index in [0.29, 0.717) is 0 Å². The van der Waals surface area contributed by atoms with E-state index in [1.807, 2.05) is 0 Å². The molecule has 0 saturated carbocycles. The number of allylic oxidation sites excluding steroid dienone is 1. The van der Waals surface area contributed by atoms with Crippen LogP contribution < -0.4 is 0 Å². The molecule has 4 aromatic carbocycles. The van der Waals surface area contributed by atoms with Gasteiger partial charge in [0.15, 0.2) is 0 Å². The fourth-order valence-corrected chi connectivity index (χ4v) is 4.64. The van der Waals surface area contributed by atoms with Gasteiger partial charge in [0.05, 0.1) is 11.2 Å². The largest absolute Gasteiger partial charge is 0.248 e. The second-order valence-electron chi connectivity index (χ2n) is 8.67. The van der Waals surface area contributed by atoms with Gasteiger partial charge in [-0.2, -0.15) is 0 Å². The summed E-state index contributed by atoms with van der Waals surface area (Å²) >= 11 is 0. The quantitative estimate of drug-likeness (QED) is 0.263. The molecule has 1 aliphatic carbocycles. The molecule has 0 unspecified atom stereocenters. The molecule has 33 heavy (non-hydrogen) atoms. The number of benzene rings is 4. The molecule has 0 amide bonds. The highest BCUT2D eigenvalue weighted by atomic mass is 14.7. The number of hydrogen-bond acceptors (Lipinski definition) is 1. The van der Waals surface area contributed by atoms with E-state index in [1.54, 1.807) is 0 Å². The monoisotopic (exact) mass is 421 g/mol. The average molecular weight is 422 g/mol.